The Morgan fingerprint density at radius 2 is 1.59 bits per heavy atom. The van der Waals surface area contributed by atoms with Gasteiger partial charge in [0.15, 0.2) is 0 Å². The highest BCUT2D eigenvalue weighted by Gasteiger charge is 2.17. The van der Waals surface area contributed by atoms with Gasteiger partial charge in [0.05, 0.1) is 12.2 Å². The fraction of sp³-hybridized carbons (Fsp3) is 0.100. The molecule has 0 spiro atoms. The molecule has 0 aliphatic carbocycles. The van der Waals surface area contributed by atoms with E-state index in [9.17, 15) is 14.4 Å². The van der Waals surface area contributed by atoms with Gasteiger partial charge in [-0.2, -0.15) is 9.78 Å². The molecule has 2 amide bonds. The van der Waals surface area contributed by atoms with Crippen molar-refractivity contribution in [1.82, 2.24) is 14.7 Å². The van der Waals surface area contributed by atoms with E-state index in [1.165, 1.54) is 24.1 Å². The minimum Gasteiger partial charge on any atom is -0.331 e. The van der Waals surface area contributed by atoms with Crippen LogP contribution >= 0.6 is 0 Å². The van der Waals surface area contributed by atoms with Crippen LogP contribution in [0.3, 0.4) is 0 Å². The molecule has 0 saturated heterocycles. The number of nitrogens with zero attached hydrogens (tertiary/aromatic N) is 3. The topological polar surface area (TPSA) is 84.3 Å². The van der Waals surface area contributed by atoms with Crippen molar-refractivity contribution in [1.29, 1.82) is 0 Å². The summed E-state index contributed by atoms with van der Waals surface area (Å²) >= 11 is 0. The highest BCUT2D eigenvalue weighted by atomic mass is 16.2. The molecule has 0 aliphatic rings. The van der Waals surface area contributed by atoms with Gasteiger partial charge in [0, 0.05) is 18.8 Å². The third kappa shape index (κ3) is 4.46. The number of rotatable bonds is 5. The lowest BCUT2D eigenvalue weighted by Crippen LogP contribution is -2.36. The van der Waals surface area contributed by atoms with Crippen LogP contribution in [0.15, 0.2) is 77.6 Å². The predicted molar refractivity (Wildman–Crippen MR) is 102 cm³/mol. The van der Waals surface area contributed by atoms with Gasteiger partial charge in [-0.15, -0.1) is 0 Å². The summed E-state index contributed by atoms with van der Waals surface area (Å²) in [6.07, 6.45) is 0. The Kier molecular flexibility index (Phi) is 5.41. The molecular formula is C20H18N4O3. The summed E-state index contributed by atoms with van der Waals surface area (Å²) in [6, 6.07) is 20.4. The molecule has 2 aromatic carbocycles. The van der Waals surface area contributed by atoms with E-state index in [1.54, 1.807) is 48.5 Å². The van der Waals surface area contributed by atoms with E-state index in [4.69, 9.17) is 0 Å². The van der Waals surface area contributed by atoms with E-state index in [1.807, 2.05) is 12.1 Å². The van der Waals surface area contributed by atoms with Crippen LogP contribution in [0.2, 0.25) is 0 Å². The van der Waals surface area contributed by atoms with Gasteiger partial charge in [0.1, 0.15) is 5.69 Å². The largest absolute Gasteiger partial charge is 0.331 e. The van der Waals surface area contributed by atoms with Crippen molar-refractivity contribution < 1.29 is 9.59 Å². The fourth-order valence-electron chi connectivity index (χ4n) is 2.48. The Labute approximate surface area is 155 Å². The van der Waals surface area contributed by atoms with E-state index in [0.29, 0.717) is 11.4 Å². The van der Waals surface area contributed by atoms with Gasteiger partial charge in [-0.25, -0.2) is 0 Å². The molecule has 136 valence electrons. The number of carbonyl (C=O) groups is 2. The standard InChI is InChI=1S/C20H18N4O3/c1-23(14-18(25)21-15-8-4-2-5-9-15)20(27)17-12-13-19(26)24(22-17)16-10-6-3-7-11-16/h2-13H,14H2,1H3,(H,21,25). The first-order chi connectivity index (χ1) is 13.0. The van der Waals surface area contributed by atoms with Gasteiger partial charge >= 0.3 is 0 Å². The van der Waals surface area contributed by atoms with Gasteiger partial charge in [0.2, 0.25) is 5.91 Å². The molecule has 0 bridgehead atoms. The fourth-order valence-corrected chi connectivity index (χ4v) is 2.48. The maximum atomic E-state index is 12.6. The zero-order chi connectivity index (χ0) is 19.2. The summed E-state index contributed by atoms with van der Waals surface area (Å²) < 4.78 is 1.16. The van der Waals surface area contributed by atoms with E-state index in [-0.39, 0.29) is 23.7 Å². The molecule has 1 heterocycles. The van der Waals surface area contributed by atoms with Crippen LogP contribution in [0.5, 0.6) is 0 Å². The summed E-state index contributed by atoms with van der Waals surface area (Å²) in [5.74, 6) is -0.781. The van der Waals surface area contributed by atoms with Crippen molar-refractivity contribution >= 4 is 17.5 Å². The lowest BCUT2D eigenvalue weighted by atomic mass is 10.3. The summed E-state index contributed by atoms with van der Waals surface area (Å²) in [6.45, 7) is -0.139. The summed E-state index contributed by atoms with van der Waals surface area (Å²) in [5.41, 5.74) is 0.941. The van der Waals surface area contributed by atoms with E-state index in [0.717, 1.165) is 4.68 Å². The molecule has 7 nitrogen and oxygen atoms in total. The Bertz CT molecular complexity index is 1000. The van der Waals surface area contributed by atoms with Gasteiger partial charge < -0.3 is 10.2 Å². The third-order valence-electron chi connectivity index (χ3n) is 3.81. The number of anilines is 1. The van der Waals surface area contributed by atoms with Crippen LogP contribution < -0.4 is 10.9 Å². The number of amides is 2. The number of carbonyl (C=O) groups excluding carboxylic acids is 2. The molecule has 3 rings (SSSR count). The molecule has 0 saturated carbocycles. The van der Waals surface area contributed by atoms with Crippen LogP contribution in [0, 0.1) is 0 Å². The van der Waals surface area contributed by atoms with Crippen LogP contribution in [0.4, 0.5) is 5.69 Å². The number of aromatic nitrogens is 2. The minimum absolute atomic E-state index is 0.0773. The van der Waals surface area contributed by atoms with Gasteiger partial charge in [-0.3, -0.25) is 14.4 Å². The Balaban J connectivity index is 1.73. The first kappa shape index (κ1) is 18.1. The minimum atomic E-state index is -0.456. The number of benzene rings is 2. The maximum Gasteiger partial charge on any atom is 0.274 e. The number of nitrogens with one attached hydrogen (secondary N) is 1. The summed E-state index contributed by atoms with van der Waals surface area (Å²) in [5, 5.41) is 6.85. The maximum absolute atomic E-state index is 12.6. The highest BCUT2D eigenvalue weighted by molar-refractivity contribution is 5.98. The molecule has 0 fully saturated rings. The molecule has 0 aliphatic heterocycles. The second-order valence-corrected chi connectivity index (χ2v) is 5.88. The second-order valence-electron chi connectivity index (χ2n) is 5.88. The van der Waals surface area contributed by atoms with Crippen molar-refractivity contribution in [2.45, 2.75) is 0 Å². The average Bonchev–Trinajstić information content (AvgIpc) is 2.69. The Morgan fingerprint density at radius 3 is 2.26 bits per heavy atom. The van der Waals surface area contributed by atoms with Crippen molar-refractivity contribution in [3.8, 4) is 5.69 Å². The smallest absolute Gasteiger partial charge is 0.274 e. The number of hydrogen-bond acceptors (Lipinski definition) is 4. The molecule has 0 atom stereocenters. The lowest BCUT2D eigenvalue weighted by molar-refractivity contribution is -0.116. The van der Waals surface area contributed by atoms with Gasteiger partial charge in [0.25, 0.3) is 11.5 Å². The van der Waals surface area contributed by atoms with E-state index in [2.05, 4.69) is 10.4 Å². The zero-order valence-corrected chi connectivity index (χ0v) is 14.7. The summed E-state index contributed by atoms with van der Waals surface area (Å²) in [4.78, 5) is 38.0. The second kappa shape index (κ2) is 8.09. The molecule has 1 aromatic heterocycles. The number of likely N-dealkylation sites (N-methyl/N-ethyl adjacent to an activating group) is 1. The molecule has 3 aromatic rings. The van der Waals surface area contributed by atoms with Crippen molar-refractivity contribution in [3.05, 3.63) is 88.8 Å². The molecule has 0 unspecified atom stereocenters. The van der Waals surface area contributed by atoms with E-state index >= 15 is 0 Å². The predicted octanol–water partition coefficient (Wildman–Crippen LogP) is 1.94. The molecule has 1 N–H and O–H groups in total. The first-order valence-electron chi connectivity index (χ1n) is 8.31. The average molecular weight is 362 g/mol. The quantitative estimate of drug-likeness (QED) is 0.752. The van der Waals surface area contributed by atoms with Crippen LogP contribution in [-0.2, 0) is 4.79 Å². The van der Waals surface area contributed by atoms with Crippen molar-refractivity contribution in [2.75, 3.05) is 18.9 Å². The first-order valence-corrected chi connectivity index (χ1v) is 8.31. The highest BCUT2D eigenvalue weighted by Crippen LogP contribution is 2.06. The summed E-state index contributed by atoms with van der Waals surface area (Å²) in [7, 11) is 1.51. The SMILES string of the molecule is CN(CC(=O)Nc1ccccc1)C(=O)c1ccc(=O)n(-c2ccccc2)n1. The monoisotopic (exact) mass is 362 g/mol. The number of para-hydroxylation sites is 2. The van der Waals surface area contributed by atoms with Crippen LogP contribution in [0.1, 0.15) is 10.5 Å². The molecule has 27 heavy (non-hydrogen) atoms. The number of hydrogen-bond donors (Lipinski definition) is 1. The Morgan fingerprint density at radius 1 is 0.963 bits per heavy atom. The zero-order valence-electron chi connectivity index (χ0n) is 14.7. The van der Waals surface area contributed by atoms with E-state index < -0.39 is 5.91 Å². The van der Waals surface area contributed by atoms with Crippen LogP contribution in [0.25, 0.3) is 5.69 Å². The van der Waals surface area contributed by atoms with Gasteiger partial charge in [-0.05, 0) is 30.3 Å². The van der Waals surface area contributed by atoms with Crippen molar-refractivity contribution in [3.63, 3.8) is 0 Å². The molecular weight excluding hydrogens is 344 g/mol. The van der Waals surface area contributed by atoms with Crippen LogP contribution in [-0.4, -0.2) is 40.1 Å². The lowest BCUT2D eigenvalue weighted by Gasteiger charge is -2.17. The molecule has 7 heteroatoms. The molecule has 0 radical (unpaired) electrons. The van der Waals surface area contributed by atoms with Crippen molar-refractivity contribution in [2.24, 2.45) is 0 Å². The normalized spacial score (nSPS) is 10.3. The third-order valence-corrected chi connectivity index (χ3v) is 3.81. The Hall–Kier alpha value is -3.74. The van der Waals surface area contributed by atoms with Gasteiger partial charge in [-0.1, -0.05) is 36.4 Å².